The monoisotopic (exact) mass is 425 g/mol. The van der Waals surface area contributed by atoms with Crippen LogP contribution in [-0.4, -0.2) is 40.1 Å². The zero-order valence-corrected chi connectivity index (χ0v) is 17.1. The second kappa shape index (κ2) is 9.38. The van der Waals surface area contributed by atoms with E-state index < -0.39 is 15.6 Å². The lowest BCUT2D eigenvalue weighted by molar-refractivity contribution is -0.140. The number of piperidine rings is 1. The first-order valence-corrected chi connectivity index (χ1v) is 10.2. The molecule has 0 atom stereocenters. The van der Waals surface area contributed by atoms with E-state index in [0.717, 1.165) is 0 Å². The van der Waals surface area contributed by atoms with Gasteiger partial charge in [-0.05, 0) is 56.3 Å². The Morgan fingerprint density at radius 3 is 2.32 bits per heavy atom. The summed E-state index contributed by atoms with van der Waals surface area (Å²) in [6, 6.07) is 14.7. The van der Waals surface area contributed by atoms with Crippen molar-refractivity contribution in [3.63, 3.8) is 0 Å². The summed E-state index contributed by atoms with van der Waals surface area (Å²) in [6.45, 7) is 1.41. The maximum absolute atomic E-state index is 12.7. The van der Waals surface area contributed by atoms with Crippen LogP contribution in [0.2, 0.25) is 0 Å². The standard InChI is InChI=1S/C19H23N3O4S.ClH/c1-26-19(10-12-20-13-11-19)18(23)21-15-6-5-7-16(14-15)22-27(24,25)17-8-3-2-4-9-17;/h2-9,14,20,22H,10-13H2,1H3,(H,21,23);1H. The molecule has 1 aliphatic rings. The first kappa shape index (κ1) is 22.2. The van der Waals surface area contributed by atoms with Gasteiger partial charge in [0.25, 0.3) is 15.9 Å². The minimum Gasteiger partial charge on any atom is -0.368 e. The van der Waals surface area contributed by atoms with Crippen LogP contribution in [0.15, 0.2) is 59.5 Å². The Morgan fingerprint density at radius 1 is 1.04 bits per heavy atom. The fourth-order valence-electron chi connectivity index (χ4n) is 3.07. The SMILES string of the molecule is COC1(C(=O)Nc2cccc(NS(=O)(=O)c3ccccc3)c2)CCNCC1.Cl. The summed E-state index contributed by atoms with van der Waals surface area (Å²) in [6.07, 6.45) is 1.16. The summed E-state index contributed by atoms with van der Waals surface area (Å²) >= 11 is 0. The fourth-order valence-corrected chi connectivity index (χ4v) is 4.14. The number of carbonyl (C=O) groups is 1. The molecule has 3 N–H and O–H groups in total. The molecular formula is C19H24ClN3O4S. The molecule has 28 heavy (non-hydrogen) atoms. The Morgan fingerprint density at radius 2 is 1.68 bits per heavy atom. The molecule has 0 saturated carbocycles. The number of sulfonamides is 1. The van der Waals surface area contributed by atoms with Gasteiger partial charge in [-0.1, -0.05) is 24.3 Å². The van der Waals surface area contributed by atoms with Gasteiger partial charge in [0.15, 0.2) is 0 Å². The number of methoxy groups -OCH3 is 1. The van der Waals surface area contributed by atoms with E-state index in [4.69, 9.17) is 4.74 Å². The average Bonchev–Trinajstić information content (AvgIpc) is 2.69. The van der Waals surface area contributed by atoms with Gasteiger partial charge in [0.1, 0.15) is 5.60 Å². The highest BCUT2D eigenvalue weighted by molar-refractivity contribution is 7.92. The maximum Gasteiger partial charge on any atom is 0.261 e. The van der Waals surface area contributed by atoms with E-state index in [2.05, 4.69) is 15.4 Å². The third-order valence-electron chi connectivity index (χ3n) is 4.64. The first-order chi connectivity index (χ1) is 13.0. The van der Waals surface area contributed by atoms with Crippen LogP contribution in [0.3, 0.4) is 0 Å². The van der Waals surface area contributed by atoms with Crippen molar-refractivity contribution in [1.82, 2.24) is 5.32 Å². The number of hydrogen-bond acceptors (Lipinski definition) is 5. The third-order valence-corrected chi connectivity index (χ3v) is 6.04. The summed E-state index contributed by atoms with van der Waals surface area (Å²) in [5.74, 6) is -0.227. The van der Waals surface area contributed by atoms with Crippen LogP contribution in [0.4, 0.5) is 11.4 Å². The molecule has 3 rings (SSSR count). The molecule has 1 heterocycles. The number of amides is 1. The van der Waals surface area contributed by atoms with Crippen LogP contribution < -0.4 is 15.4 Å². The minimum absolute atomic E-state index is 0. The molecule has 2 aromatic rings. The molecule has 0 unspecified atom stereocenters. The predicted molar refractivity (Wildman–Crippen MR) is 111 cm³/mol. The summed E-state index contributed by atoms with van der Waals surface area (Å²) in [5.41, 5.74) is 0.00166. The molecule has 1 fully saturated rings. The lowest BCUT2D eigenvalue weighted by Crippen LogP contribution is -2.51. The second-order valence-corrected chi connectivity index (χ2v) is 8.08. The molecule has 1 saturated heterocycles. The molecule has 0 bridgehead atoms. The van der Waals surface area contributed by atoms with E-state index in [0.29, 0.717) is 37.3 Å². The van der Waals surface area contributed by atoms with Gasteiger partial charge >= 0.3 is 0 Å². The molecule has 9 heteroatoms. The van der Waals surface area contributed by atoms with E-state index in [1.165, 1.54) is 19.2 Å². The largest absolute Gasteiger partial charge is 0.368 e. The minimum atomic E-state index is -3.69. The van der Waals surface area contributed by atoms with E-state index in [1.54, 1.807) is 42.5 Å². The van der Waals surface area contributed by atoms with Crippen LogP contribution in [0.1, 0.15) is 12.8 Å². The molecule has 0 aliphatic carbocycles. The number of nitrogens with one attached hydrogen (secondary N) is 3. The zero-order valence-electron chi connectivity index (χ0n) is 15.5. The highest BCUT2D eigenvalue weighted by atomic mass is 35.5. The summed E-state index contributed by atoms with van der Waals surface area (Å²) in [7, 11) is -2.15. The molecular weight excluding hydrogens is 402 g/mol. The number of rotatable bonds is 6. The molecule has 0 spiro atoms. The van der Waals surface area contributed by atoms with Crippen LogP contribution in [-0.2, 0) is 19.6 Å². The molecule has 0 aromatic heterocycles. The van der Waals surface area contributed by atoms with E-state index in [9.17, 15) is 13.2 Å². The van der Waals surface area contributed by atoms with Gasteiger partial charge in [-0.3, -0.25) is 9.52 Å². The van der Waals surface area contributed by atoms with Gasteiger partial charge in [0, 0.05) is 12.8 Å². The molecule has 1 aliphatic heterocycles. The average molecular weight is 426 g/mol. The van der Waals surface area contributed by atoms with Gasteiger partial charge in [0.05, 0.1) is 10.6 Å². The van der Waals surface area contributed by atoms with Crippen molar-refractivity contribution in [2.45, 2.75) is 23.3 Å². The van der Waals surface area contributed by atoms with Crippen LogP contribution in [0, 0.1) is 0 Å². The predicted octanol–water partition coefficient (Wildman–Crippen LogP) is 2.62. The number of halogens is 1. The van der Waals surface area contributed by atoms with Crippen molar-refractivity contribution < 1.29 is 17.9 Å². The lowest BCUT2D eigenvalue weighted by atomic mass is 9.91. The van der Waals surface area contributed by atoms with Crippen molar-refractivity contribution in [3.8, 4) is 0 Å². The molecule has 0 radical (unpaired) electrons. The summed E-state index contributed by atoms with van der Waals surface area (Å²) in [5, 5.41) is 6.05. The van der Waals surface area contributed by atoms with Gasteiger partial charge < -0.3 is 15.4 Å². The van der Waals surface area contributed by atoms with Crippen LogP contribution in [0.5, 0.6) is 0 Å². The topological polar surface area (TPSA) is 96.5 Å². The van der Waals surface area contributed by atoms with E-state index in [-0.39, 0.29) is 23.2 Å². The Labute approximate surface area is 171 Å². The smallest absolute Gasteiger partial charge is 0.261 e. The Balaban J connectivity index is 0.00000280. The first-order valence-electron chi connectivity index (χ1n) is 8.70. The number of ether oxygens (including phenoxy) is 1. The second-order valence-electron chi connectivity index (χ2n) is 6.40. The molecule has 7 nitrogen and oxygen atoms in total. The van der Waals surface area contributed by atoms with Crippen molar-refractivity contribution in [3.05, 3.63) is 54.6 Å². The Bertz CT molecular complexity index is 900. The molecule has 1 amide bonds. The van der Waals surface area contributed by atoms with Crippen molar-refractivity contribution in [2.24, 2.45) is 0 Å². The zero-order chi connectivity index (χ0) is 19.3. The number of anilines is 2. The maximum atomic E-state index is 12.7. The van der Waals surface area contributed by atoms with Gasteiger partial charge in [0.2, 0.25) is 0 Å². The summed E-state index contributed by atoms with van der Waals surface area (Å²) < 4.78 is 33.0. The number of hydrogen-bond donors (Lipinski definition) is 3. The van der Waals surface area contributed by atoms with Crippen molar-refractivity contribution >= 4 is 39.7 Å². The number of benzene rings is 2. The quantitative estimate of drug-likeness (QED) is 0.661. The van der Waals surface area contributed by atoms with Gasteiger partial charge in [-0.25, -0.2) is 8.42 Å². The Kier molecular flexibility index (Phi) is 7.42. The molecule has 152 valence electrons. The molecule has 2 aromatic carbocycles. The Hall–Kier alpha value is -2.13. The van der Waals surface area contributed by atoms with Crippen LogP contribution in [0.25, 0.3) is 0 Å². The van der Waals surface area contributed by atoms with Crippen molar-refractivity contribution in [1.29, 1.82) is 0 Å². The van der Waals surface area contributed by atoms with E-state index >= 15 is 0 Å². The highest BCUT2D eigenvalue weighted by Gasteiger charge is 2.39. The normalized spacial score (nSPS) is 15.9. The van der Waals surface area contributed by atoms with E-state index in [1.807, 2.05) is 0 Å². The summed E-state index contributed by atoms with van der Waals surface area (Å²) in [4.78, 5) is 12.9. The highest BCUT2D eigenvalue weighted by Crippen LogP contribution is 2.26. The number of carbonyl (C=O) groups excluding carboxylic acids is 1. The van der Waals surface area contributed by atoms with Gasteiger partial charge in [-0.15, -0.1) is 12.4 Å². The lowest BCUT2D eigenvalue weighted by Gasteiger charge is -2.34. The third kappa shape index (κ3) is 5.02. The van der Waals surface area contributed by atoms with Gasteiger partial charge in [-0.2, -0.15) is 0 Å². The van der Waals surface area contributed by atoms with Crippen molar-refractivity contribution in [2.75, 3.05) is 30.2 Å². The van der Waals surface area contributed by atoms with Crippen LogP contribution >= 0.6 is 12.4 Å². The fraction of sp³-hybridized carbons (Fsp3) is 0.316.